The van der Waals surface area contributed by atoms with Crippen LogP contribution in [-0.4, -0.2) is 36.9 Å². The molecule has 0 amide bonds. The summed E-state index contributed by atoms with van der Waals surface area (Å²) in [4.78, 5) is 2.39. The lowest BCUT2D eigenvalue weighted by Gasteiger charge is -2.24. The lowest BCUT2D eigenvalue weighted by molar-refractivity contribution is 0.133. The average molecular weight is 371 g/mol. The van der Waals surface area contributed by atoms with Crippen LogP contribution >= 0.6 is 0 Å². The first-order valence-corrected chi connectivity index (χ1v) is 9.55. The van der Waals surface area contributed by atoms with Gasteiger partial charge in [0, 0.05) is 25.2 Å². The maximum absolute atomic E-state index is 10.1. The summed E-state index contributed by atoms with van der Waals surface area (Å²) in [6, 6.07) is 12.0. The number of rotatable bonds is 7. The third-order valence-electron chi connectivity index (χ3n) is 4.95. The van der Waals surface area contributed by atoms with Crippen LogP contribution in [0, 0.1) is 0 Å². The van der Waals surface area contributed by atoms with Gasteiger partial charge in [-0.25, -0.2) is 0 Å². The van der Waals surface area contributed by atoms with Crippen molar-refractivity contribution >= 4 is 0 Å². The van der Waals surface area contributed by atoms with Gasteiger partial charge in [0.05, 0.1) is 14.2 Å². The summed E-state index contributed by atoms with van der Waals surface area (Å²) in [7, 11) is 3.10. The van der Waals surface area contributed by atoms with E-state index < -0.39 is 0 Å². The van der Waals surface area contributed by atoms with Crippen LogP contribution in [0.5, 0.6) is 23.0 Å². The molecule has 0 radical (unpaired) electrons. The van der Waals surface area contributed by atoms with Crippen molar-refractivity contribution in [3.8, 4) is 23.0 Å². The van der Waals surface area contributed by atoms with Crippen LogP contribution in [0.4, 0.5) is 0 Å². The molecule has 1 aliphatic heterocycles. The smallest absolute Gasteiger partial charge is 0.200 e. The maximum atomic E-state index is 10.1. The van der Waals surface area contributed by atoms with Gasteiger partial charge in [-0.15, -0.1) is 0 Å². The van der Waals surface area contributed by atoms with Crippen molar-refractivity contribution in [2.75, 3.05) is 20.8 Å². The zero-order valence-corrected chi connectivity index (χ0v) is 16.4. The topological polar surface area (TPSA) is 51.2 Å². The van der Waals surface area contributed by atoms with E-state index in [4.69, 9.17) is 14.2 Å². The lowest BCUT2D eigenvalue weighted by atomic mass is 10.1. The second-order valence-corrected chi connectivity index (χ2v) is 7.01. The highest BCUT2D eigenvalue weighted by atomic mass is 16.5. The number of phenols is 1. The summed E-state index contributed by atoms with van der Waals surface area (Å²) < 4.78 is 16.9. The van der Waals surface area contributed by atoms with Gasteiger partial charge in [0.25, 0.3) is 0 Å². The number of para-hydroxylation sites is 1. The van der Waals surface area contributed by atoms with Crippen molar-refractivity contribution in [2.24, 2.45) is 0 Å². The Morgan fingerprint density at radius 2 is 1.85 bits per heavy atom. The number of nitrogens with zero attached hydrogens (tertiary/aromatic N) is 1. The lowest BCUT2D eigenvalue weighted by Crippen LogP contribution is -2.32. The molecule has 0 aliphatic carbocycles. The Labute approximate surface area is 161 Å². The first-order chi connectivity index (χ1) is 13.1. The molecule has 1 heterocycles. The minimum atomic E-state index is 0.0362. The predicted octanol–water partition coefficient (Wildman–Crippen LogP) is 4.36. The Balaban J connectivity index is 1.84. The number of unbranched alkanes of at least 4 members (excludes halogenated alkanes) is 1. The molecule has 5 heteroatoms. The van der Waals surface area contributed by atoms with Gasteiger partial charge in [-0.1, -0.05) is 31.5 Å². The van der Waals surface area contributed by atoms with E-state index in [0.717, 1.165) is 50.2 Å². The molecule has 0 saturated carbocycles. The second kappa shape index (κ2) is 9.00. The minimum Gasteiger partial charge on any atom is -0.502 e. The van der Waals surface area contributed by atoms with E-state index >= 15 is 0 Å². The van der Waals surface area contributed by atoms with Gasteiger partial charge >= 0.3 is 0 Å². The molecule has 0 fully saturated rings. The molecule has 2 aromatic rings. The highest BCUT2D eigenvalue weighted by Crippen LogP contribution is 2.38. The molecule has 0 unspecified atom stereocenters. The van der Waals surface area contributed by atoms with E-state index in [0.29, 0.717) is 11.5 Å². The molecule has 0 saturated heterocycles. The van der Waals surface area contributed by atoms with E-state index in [9.17, 15) is 5.11 Å². The van der Waals surface area contributed by atoms with Gasteiger partial charge in [0.1, 0.15) is 11.9 Å². The first-order valence-electron chi connectivity index (χ1n) is 9.55. The minimum absolute atomic E-state index is 0.0362. The average Bonchev–Trinajstić information content (AvgIpc) is 2.85. The van der Waals surface area contributed by atoms with E-state index in [-0.39, 0.29) is 11.9 Å². The molecule has 0 aromatic heterocycles. The van der Waals surface area contributed by atoms with Crippen LogP contribution in [0.15, 0.2) is 36.4 Å². The zero-order valence-electron chi connectivity index (χ0n) is 16.4. The number of hydrogen-bond acceptors (Lipinski definition) is 5. The third kappa shape index (κ3) is 4.66. The van der Waals surface area contributed by atoms with E-state index in [1.54, 1.807) is 14.2 Å². The van der Waals surface area contributed by atoms with E-state index in [1.165, 1.54) is 5.56 Å². The van der Waals surface area contributed by atoms with Crippen LogP contribution in [0.3, 0.4) is 0 Å². The fraction of sp³-hybridized carbons (Fsp3) is 0.455. The first kappa shape index (κ1) is 19.4. The number of aromatic hydroxyl groups is 1. The number of benzene rings is 2. The fourth-order valence-electron chi connectivity index (χ4n) is 3.56. The zero-order chi connectivity index (χ0) is 19.2. The molecular formula is C22H29NO4. The Bertz CT molecular complexity index is 737. The van der Waals surface area contributed by atoms with Gasteiger partial charge < -0.3 is 19.3 Å². The summed E-state index contributed by atoms with van der Waals surface area (Å²) in [5, 5.41) is 10.1. The Morgan fingerprint density at radius 1 is 1.15 bits per heavy atom. The number of methoxy groups -OCH3 is 2. The molecule has 3 rings (SSSR count). The molecule has 5 nitrogen and oxygen atoms in total. The van der Waals surface area contributed by atoms with Crippen molar-refractivity contribution in [3.63, 3.8) is 0 Å². The largest absolute Gasteiger partial charge is 0.502 e. The summed E-state index contributed by atoms with van der Waals surface area (Å²) >= 11 is 0. The third-order valence-corrected chi connectivity index (χ3v) is 4.95. The molecule has 1 atom stereocenters. The van der Waals surface area contributed by atoms with Crippen molar-refractivity contribution in [3.05, 3.63) is 47.5 Å². The number of phenolic OH excluding ortho intramolecular Hbond substituents is 1. The number of ether oxygens (including phenoxy) is 3. The van der Waals surface area contributed by atoms with Gasteiger partial charge in [0.15, 0.2) is 11.5 Å². The highest BCUT2D eigenvalue weighted by molar-refractivity contribution is 5.52. The van der Waals surface area contributed by atoms with Gasteiger partial charge in [0.2, 0.25) is 5.75 Å². The summed E-state index contributed by atoms with van der Waals surface area (Å²) in [5.74, 6) is 1.88. The van der Waals surface area contributed by atoms with E-state index in [1.807, 2.05) is 18.2 Å². The van der Waals surface area contributed by atoms with Gasteiger partial charge in [-0.05, 0) is 36.6 Å². The van der Waals surface area contributed by atoms with Crippen LogP contribution in [0.25, 0.3) is 0 Å². The highest BCUT2D eigenvalue weighted by Gasteiger charge is 2.23. The molecular weight excluding hydrogens is 342 g/mol. The monoisotopic (exact) mass is 371 g/mol. The summed E-state index contributed by atoms with van der Waals surface area (Å²) in [6.07, 6.45) is 3.54. The summed E-state index contributed by atoms with van der Waals surface area (Å²) in [5.41, 5.74) is 2.24. The molecule has 146 valence electrons. The Hall–Kier alpha value is -2.40. The molecule has 0 bridgehead atoms. The van der Waals surface area contributed by atoms with Gasteiger partial charge in [-0.2, -0.15) is 0 Å². The van der Waals surface area contributed by atoms with Crippen LogP contribution in [0.1, 0.15) is 37.3 Å². The standard InChI is InChI=1S/C22H29NO4/c1-4-5-9-18-15-23(14-17-8-6-7-10-19(17)27-18)13-16-11-20(25-2)22(24)21(12-16)26-3/h6-8,10-12,18,24H,4-5,9,13-15H2,1-3H3/t18-/m1/s1. The maximum Gasteiger partial charge on any atom is 0.200 e. The van der Waals surface area contributed by atoms with Crippen molar-refractivity contribution in [2.45, 2.75) is 45.4 Å². The molecule has 27 heavy (non-hydrogen) atoms. The van der Waals surface area contributed by atoms with Crippen LogP contribution < -0.4 is 14.2 Å². The number of hydrogen-bond donors (Lipinski definition) is 1. The van der Waals surface area contributed by atoms with Crippen LogP contribution in [-0.2, 0) is 13.1 Å². The molecule has 1 N–H and O–H groups in total. The Kier molecular flexibility index (Phi) is 6.45. The van der Waals surface area contributed by atoms with E-state index in [2.05, 4.69) is 30.0 Å². The van der Waals surface area contributed by atoms with Crippen LogP contribution in [0.2, 0.25) is 0 Å². The van der Waals surface area contributed by atoms with Crippen molar-refractivity contribution < 1.29 is 19.3 Å². The van der Waals surface area contributed by atoms with Crippen molar-refractivity contribution in [1.29, 1.82) is 0 Å². The second-order valence-electron chi connectivity index (χ2n) is 7.01. The molecule has 2 aromatic carbocycles. The fourth-order valence-corrected chi connectivity index (χ4v) is 3.56. The molecule has 0 spiro atoms. The SMILES string of the molecule is CCCC[C@@H]1CN(Cc2cc(OC)c(O)c(OC)c2)Cc2ccccc2O1. The number of fused-ring (bicyclic) bond motifs is 1. The normalized spacial score (nSPS) is 16.9. The molecule has 1 aliphatic rings. The van der Waals surface area contributed by atoms with Gasteiger partial charge in [-0.3, -0.25) is 4.90 Å². The summed E-state index contributed by atoms with van der Waals surface area (Å²) in [6.45, 7) is 4.62. The van der Waals surface area contributed by atoms with Crippen molar-refractivity contribution in [1.82, 2.24) is 4.90 Å². The Morgan fingerprint density at radius 3 is 2.52 bits per heavy atom. The quantitative estimate of drug-likeness (QED) is 0.784. The predicted molar refractivity (Wildman–Crippen MR) is 106 cm³/mol.